The molecule has 0 saturated heterocycles. The molecule has 5 N–H and O–H groups in total. The van der Waals surface area contributed by atoms with Crippen LogP contribution in [0.3, 0.4) is 0 Å². The summed E-state index contributed by atoms with van der Waals surface area (Å²) in [5, 5.41) is 9.45. The second-order valence-electron chi connectivity index (χ2n) is 4.81. The van der Waals surface area contributed by atoms with E-state index < -0.39 is 22.0 Å². The lowest BCUT2D eigenvalue weighted by Gasteiger charge is -2.08. The fraction of sp³-hybridized carbons (Fsp3) is 0.0625. The second kappa shape index (κ2) is 9.30. The number of carbonyl (C=O) groups is 1. The van der Waals surface area contributed by atoms with Crippen LogP contribution in [-0.2, 0) is 14.9 Å². The van der Waals surface area contributed by atoms with Gasteiger partial charge < -0.3 is 5.73 Å². The quantitative estimate of drug-likeness (QED) is 0.279. The van der Waals surface area contributed by atoms with Gasteiger partial charge in [-0.25, -0.2) is 0 Å². The fourth-order valence-corrected chi connectivity index (χ4v) is 1.71. The highest BCUT2D eigenvalue weighted by Crippen LogP contribution is 2.17. The van der Waals surface area contributed by atoms with Crippen LogP contribution in [0.15, 0.2) is 54.9 Å². The summed E-state index contributed by atoms with van der Waals surface area (Å²) in [6.45, 7) is 0. The number of benzene rings is 1. The molecule has 1 aromatic heterocycles. The van der Waals surface area contributed by atoms with E-state index in [2.05, 4.69) is 10.3 Å². The topological polar surface area (TPSA) is 146 Å². The zero-order chi connectivity index (χ0) is 18.9. The van der Waals surface area contributed by atoms with E-state index in [1.807, 2.05) is 30.3 Å². The van der Waals surface area contributed by atoms with Crippen molar-refractivity contribution < 1.29 is 17.8 Å². The molecule has 0 spiro atoms. The number of hydrogen-bond donors (Lipinski definition) is 4. The molecule has 0 aliphatic carbocycles. The predicted molar refractivity (Wildman–Crippen MR) is 96.1 cm³/mol. The summed E-state index contributed by atoms with van der Waals surface area (Å²) in [5.41, 5.74) is 7.16. The number of nitrogens with zero attached hydrogens (tertiary/aromatic N) is 1. The molecule has 0 aliphatic heterocycles. The molecule has 0 radical (unpaired) electrons. The third kappa shape index (κ3) is 8.98. The van der Waals surface area contributed by atoms with E-state index in [0.717, 1.165) is 5.56 Å². The Morgan fingerprint density at radius 1 is 1.24 bits per heavy atom. The highest BCUT2D eigenvalue weighted by Gasteiger charge is 2.12. The Balaban J connectivity index is 0.000000550. The predicted octanol–water partition coefficient (Wildman–Crippen LogP) is 1.14. The molecule has 132 valence electrons. The molecule has 0 aliphatic rings. The first-order valence-corrected chi connectivity index (χ1v) is 8.76. The molecule has 1 amide bonds. The van der Waals surface area contributed by atoms with Crippen LogP contribution in [0.4, 0.5) is 0 Å². The second-order valence-corrected chi connectivity index (χ2v) is 6.28. The average Bonchev–Trinajstić information content (AvgIpc) is 2.52. The Morgan fingerprint density at radius 2 is 1.84 bits per heavy atom. The molecule has 2 rings (SSSR count). The third-order valence-corrected chi connectivity index (χ3v) is 2.58. The van der Waals surface area contributed by atoms with Crippen molar-refractivity contribution in [2.45, 2.75) is 0 Å². The Kier molecular flexibility index (Phi) is 7.44. The van der Waals surface area contributed by atoms with Gasteiger partial charge in [0.05, 0.1) is 6.26 Å². The van der Waals surface area contributed by atoms with Crippen LogP contribution in [0.25, 0.3) is 11.6 Å². The molecule has 25 heavy (non-hydrogen) atoms. The van der Waals surface area contributed by atoms with Gasteiger partial charge in [0.25, 0.3) is 16.0 Å². The van der Waals surface area contributed by atoms with E-state index in [1.165, 1.54) is 0 Å². The van der Waals surface area contributed by atoms with Gasteiger partial charge in [0.2, 0.25) is 0 Å². The van der Waals surface area contributed by atoms with Crippen molar-refractivity contribution in [3.8, 4) is 0 Å². The number of rotatable bonds is 3. The van der Waals surface area contributed by atoms with Crippen molar-refractivity contribution in [1.29, 1.82) is 5.41 Å². The number of hydrogen-bond acceptors (Lipinski definition) is 5. The van der Waals surface area contributed by atoms with Gasteiger partial charge in [-0.1, -0.05) is 36.4 Å². The van der Waals surface area contributed by atoms with Crippen LogP contribution in [-0.4, -0.2) is 36.1 Å². The molecule has 1 heterocycles. The van der Waals surface area contributed by atoms with Crippen LogP contribution in [0.5, 0.6) is 0 Å². The van der Waals surface area contributed by atoms with E-state index in [1.54, 1.807) is 30.6 Å². The van der Waals surface area contributed by atoms with Crippen molar-refractivity contribution in [1.82, 2.24) is 10.3 Å². The molecule has 2 aromatic rings. The highest BCUT2D eigenvalue weighted by molar-refractivity contribution is 7.85. The standard InChI is InChI=1S/C15H14N4O.CH4O3S/c16-15(17)19-14(20)13(12-7-4-8-18-10-12)9-11-5-2-1-3-6-11;1-5(2,3)4/h1-10H,(H4,16,17,19,20);1H3,(H,2,3,4)/b13-9+;. The Labute approximate surface area is 145 Å². The molecule has 0 unspecified atom stereocenters. The maximum atomic E-state index is 12.1. The molecule has 0 atom stereocenters. The molecule has 0 fully saturated rings. The van der Waals surface area contributed by atoms with Crippen molar-refractivity contribution in [2.24, 2.45) is 5.73 Å². The van der Waals surface area contributed by atoms with Gasteiger partial charge in [0.15, 0.2) is 5.96 Å². The lowest BCUT2D eigenvalue weighted by atomic mass is 10.0. The van der Waals surface area contributed by atoms with Crippen LogP contribution in [0.2, 0.25) is 0 Å². The number of nitrogens with two attached hydrogens (primary N) is 1. The maximum Gasteiger partial charge on any atom is 0.261 e. The van der Waals surface area contributed by atoms with Crippen molar-refractivity contribution in [2.75, 3.05) is 6.26 Å². The van der Waals surface area contributed by atoms with Gasteiger partial charge in [0, 0.05) is 23.5 Å². The number of guanidine groups is 1. The fourth-order valence-electron chi connectivity index (χ4n) is 1.71. The maximum absolute atomic E-state index is 12.1. The lowest BCUT2D eigenvalue weighted by Crippen LogP contribution is -2.36. The van der Waals surface area contributed by atoms with Gasteiger partial charge >= 0.3 is 0 Å². The van der Waals surface area contributed by atoms with Crippen LogP contribution in [0, 0.1) is 5.41 Å². The van der Waals surface area contributed by atoms with Crippen molar-refractivity contribution in [3.63, 3.8) is 0 Å². The SMILES string of the molecule is CS(=O)(=O)O.N=C(N)NC(=O)/C(=C/c1ccccc1)c1cccnc1. The summed E-state index contributed by atoms with van der Waals surface area (Å²) in [5.74, 6) is -0.827. The van der Waals surface area contributed by atoms with E-state index in [-0.39, 0.29) is 0 Å². The van der Waals surface area contributed by atoms with E-state index >= 15 is 0 Å². The zero-order valence-electron chi connectivity index (χ0n) is 13.4. The van der Waals surface area contributed by atoms with E-state index in [9.17, 15) is 13.2 Å². The minimum Gasteiger partial charge on any atom is -0.370 e. The molecule has 0 saturated carbocycles. The van der Waals surface area contributed by atoms with Gasteiger partial charge in [-0.05, 0) is 17.7 Å². The van der Waals surface area contributed by atoms with Crippen LogP contribution < -0.4 is 11.1 Å². The van der Waals surface area contributed by atoms with E-state index in [4.69, 9.17) is 15.7 Å². The first-order valence-electron chi connectivity index (χ1n) is 6.92. The molecule has 8 nitrogen and oxygen atoms in total. The Morgan fingerprint density at radius 3 is 2.32 bits per heavy atom. The van der Waals surface area contributed by atoms with E-state index in [0.29, 0.717) is 17.4 Å². The number of nitrogens with one attached hydrogen (secondary N) is 2. The molecule has 9 heteroatoms. The van der Waals surface area contributed by atoms with Gasteiger partial charge in [-0.15, -0.1) is 0 Å². The summed E-state index contributed by atoms with van der Waals surface area (Å²) in [6.07, 6.45) is 5.67. The van der Waals surface area contributed by atoms with Crippen LogP contribution >= 0.6 is 0 Å². The highest BCUT2D eigenvalue weighted by atomic mass is 32.2. The summed E-state index contributed by atoms with van der Waals surface area (Å²) in [4.78, 5) is 16.1. The van der Waals surface area contributed by atoms with Gasteiger partial charge in [0.1, 0.15) is 0 Å². The first-order chi connectivity index (χ1) is 11.7. The minimum absolute atomic E-state index is 0.391. The molecule has 1 aromatic carbocycles. The number of carbonyl (C=O) groups excluding carboxylic acids is 1. The monoisotopic (exact) mass is 362 g/mol. The first kappa shape index (κ1) is 20.0. The van der Waals surface area contributed by atoms with Crippen LogP contribution in [0.1, 0.15) is 11.1 Å². The van der Waals surface area contributed by atoms with Crippen molar-refractivity contribution in [3.05, 3.63) is 66.0 Å². The number of amides is 1. The summed E-state index contributed by atoms with van der Waals surface area (Å²) in [6, 6.07) is 13.0. The third-order valence-electron chi connectivity index (χ3n) is 2.58. The van der Waals surface area contributed by atoms with Gasteiger partial charge in [-0.2, -0.15) is 8.42 Å². The van der Waals surface area contributed by atoms with Gasteiger partial charge in [-0.3, -0.25) is 25.1 Å². The molecular weight excluding hydrogens is 344 g/mol. The minimum atomic E-state index is -3.67. The largest absolute Gasteiger partial charge is 0.370 e. The Hall–Kier alpha value is -3.04. The lowest BCUT2D eigenvalue weighted by molar-refractivity contribution is -0.114. The zero-order valence-corrected chi connectivity index (χ0v) is 14.2. The number of pyridine rings is 1. The molecular formula is C16H18N4O4S. The summed E-state index contributed by atoms with van der Waals surface area (Å²) < 4.78 is 25.9. The smallest absolute Gasteiger partial charge is 0.261 e. The Bertz CT molecular complexity index is 842. The average molecular weight is 362 g/mol. The summed E-state index contributed by atoms with van der Waals surface area (Å²) in [7, 11) is -3.67. The molecule has 0 bridgehead atoms. The van der Waals surface area contributed by atoms with Crippen molar-refractivity contribution >= 4 is 33.6 Å². The normalized spacial score (nSPS) is 11.0. The number of aromatic nitrogens is 1. The summed E-state index contributed by atoms with van der Waals surface area (Å²) >= 11 is 0.